The van der Waals surface area contributed by atoms with Gasteiger partial charge < -0.3 is 104 Å². The summed E-state index contributed by atoms with van der Waals surface area (Å²) in [5, 5.41) is 125. The van der Waals surface area contributed by atoms with Crippen LogP contribution in [0.1, 0.15) is 6.92 Å². The van der Waals surface area contributed by atoms with Crippen molar-refractivity contribution in [3.63, 3.8) is 0 Å². The van der Waals surface area contributed by atoms with Gasteiger partial charge in [-0.3, -0.25) is 4.79 Å². The van der Waals surface area contributed by atoms with Gasteiger partial charge in [0.05, 0.1) is 33.5 Å². The maximum absolute atomic E-state index is 14.4. The van der Waals surface area contributed by atoms with E-state index in [2.05, 4.69) is 0 Å². The second-order valence-electron chi connectivity index (χ2n) is 13.6. The van der Waals surface area contributed by atoms with Crippen LogP contribution in [-0.2, 0) is 18.9 Å². The third kappa shape index (κ3) is 7.90. The van der Waals surface area contributed by atoms with Gasteiger partial charge in [0, 0.05) is 11.6 Å². The minimum absolute atomic E-state index is 0.0236. The highest BCUT2D eigenvalue weighted by Gasteiger charge is 2.49. The molecule has 3 fully saturated rings. The van der Waals surface area contributed by atoms with E-state index in [1.807, 2.05) is 0 Å². The van der Waals surface area contributed by atoms with Crippen LogP contribution in [0.25, 0.3) is 22.3 Å². The molecule has 6 rings (SSSR count). The van der Waals surface area contributed by atoms with Crippen molar-refractivity contribution >= 4 is 11.0 Å². The number of benzene rings is 2. The molecule has 0 saturated carbocycles. The summed E-state index contributed by atoms with van der Waals surface area (Å²) in [5.41, 5.74) is -1.67. The van der Waals surface area contributed by atoms with E-state index in [-0.39, 0.29) is 22.8 Å². The zero-order valence-corrected chi connectivity index (χ0v) is 30.3. The summed E-state index contributed by atoms with van der Waals surface area (Å²) < 4.78 is 50.4. The molecule has 15 atom stereocenters. The molecule has 0 aliphatic carbocycles. The van der Waals surface area contributed by atoms with Gasteiger partial charge in [0.15, 0.2) is 34.9 Å². The number of phenolic OH excluding ortho intramolecular Hbond substituents is 2. The number of fused-ring (bicyclic) bond motifs is 1. The van der Waals surface area contributed by atoms with E-state index in [1.165, 1.54) is 32.2 Å². The van der Waals surface area contributed by atoms with Crippen LogP contribution in [0.15, 0.2) is 33.5 Å². The summed E-state index contributed by atoms with van der Waals surface area (Å²) >= 11 is 0. The standard InChI is InChI=1S/C35H44O22/c1-10-19(39)23(43)26(46)33(52-10)51-9-17-21(41)25(45)28(48)35(55-17)57-32-22(42)18-13(38)7-15(53-34-27(47)24(44)20(40)16(8-36)54-34)30(50-3)31(18)56-29(32)11-4-5-12(37)14(6-11)49-2/h4-7,10,16-17,19-21,23-28,33-41,43-48H,8-9H2,1-3H3. The van der Waals surface area contributed by atoms with Crippen LogP contribution in [0, 0.1) is 0 Å². The van der Waals surface area contributed by atoms with E-state index in [0.29, 0.717) is 0 Å². The van der Waals surface area contributed by atoms with Crippen molar-refractivity contribution in [2.24, 2.45) is 0 Å². The summed E-state index contributed by atoms with van der Waals surface area (Å²) in [6.07, 6.45) is -25.4. The Kier molecular flexibility index (Phi) is 12.7. The molecule has 1 aromatic heterocycles. The topological polar surface area (TPSA) is 347 Å². The zero-order chi connectivity index (χ0) is 41.6. The molecule has 4 heterocycles. The summed E-state index contributed by atoms with van der Waals surface area (Å²) in [7, 11) is 2.36. The van der Waals surface area contributed by atoms with Gasteiger partial charge in [0.25, 0.3) is 0 Å². The number of ether oxygens (including phenoxy) is 8. The maximum atomic E-state index is 14.4. The average Bonchev–Trinajstić information content (AvgIpc) is 3.19. The molecule has 15 unspecified atom stereocenters. The summed E-state index contributed by atoms with van der Waals surface area (Å²) in [5.74, 6) is -3.33. The summed E-state index contributed by atoms with van der Waals surface area (Å²) in [4.78, 5) is 14.4. The van der Waals surface area contributed by atoms with Gasteiger partial charge in [-0.05, 0) is 25.1 Å². The second kappa shape index (κ2) is 17.0. The molecule has 3 saturated heterocycles. The highest BCUT2D eigenvalue weighted by molar-refractivity contribution is 5.93. The molecule has 57 heavy (non-hydrogen) atoms. The normalized spacial score (nSPS) is 35.8. The number of methoxy groups -OCH3 is 2. The van der Waals surface area contributed by atoms with Gasteiger partial charge in [-0.15, -0.1) is 0 Å². The highest BCUT2D eigenvalue weighted by Crippen LogP contribution is 2.45. The van der Waals surface area contributed by atoms with E-state index in [9.17, 15) is 66.1 Å². The zero-order valence-electron chi connectivity index (χ0n) is 30.3. The van der Waals surface area contributed by atoms with E-state index in [4.69, 9.17) is 42.3 Å². The van der Waals surface area contributed by atoms with Gasteiger partial charge in [-0.1, -0.05) is 0 Å². The van der Waals surface area contributed by atoms with Crippen LogP contribution in [0.2, 0.25) is 0 Å². The first-order valence-electron chi connectivity index (χ1n) is 17.5. The minimum Gasteiger partial charge on any atom is -0.507 e. The Morgan fingerprint density at radius 3 is 1.86 bits per heavy atom. The molecule has 22 heteroatoms. The van der Waals surface area contributed by atoms with Crippen molar-refractivity contribution in [1.82, 2.24) is 0 Å². The van der Waals surface area contributed by atoms with Gasteiger partial charge in [-0.25, -0.2) is 0 Å². The Morgan fingerprint density at radius 2 is 1.23 bits per heavy atom. The monoisotopic (exact) mass is 816 g/mol. The second-order valence-corrected chi connectivity index (χ2v) is 13.6. The Labute approximate surface area is 321 Å². The molecule has 0 radical (unpaired) electrons. The first-order chi connectivity index (χ1) is 27.0. The molecule has 12 N–H and O–H groups in total. The Bertz CT molecular complexity index is 1940. The fourth-order valence-electron chi connectivity index (χ4n) is 6.58. The first kappa shape index (κ1) is 42.5. The Balaban J connectivity index is 1.40. The van der Waals surface area contributed by atoms with Crippen molar-refractivity contribution in [3.8, 4) is 45.8 Å². The number of hydrogen-bond acceptors (Lipinski definition) is 22. The lowest BCUT2D eigenvalue weighted by Crippen LogP contribution is -2.61. The summed E-state index contributed by atoms with van der Waals surface area (Å²) in [6.45, 7) is -0.0346. The van der Waals surface area contributed by atoms with Crippen molar-refractivity contribution in [3.05, 3.63) is 34.5 Å². The van der Waals surface area contributed by atoms with Gasteiger partial charge in [0.1, 0.15) is 78.3 Å². The van der Waals surface area contributed by atoms with Crippen LogP contribution in [-0.4, -0.2) is 181 Å². The van der Waals surface area contributed by atoms with E-state index < -0.39 is 145 Å². The fourth-order valence-corrected chi connectivity index (χ4v) is 6.58. The number of phenols is 2. The SMILES string of the molecule is COc1cc(-c2oc3c(OC)c(OC4OC(CO)C(O)C(O)C4O)cc(O)c3c(=O)c2OC2OC(COC3OC(C)C(O)C(O)C3O)C(O)C(O)C2O)ccc1O. The van der Waals surface area contributed by atoms with Crippen LogP contribution in [0.4, 0.5) is 0 Å². The van der Waals surface area contributed by atoms with Crippen molar-refractivity contribution < 1.29 is 104 Å². The molecule has 0 amide bonds. The molecule has 316 valence electrons. The summed E-state index contributed by atoms with van der Waals surface area (Å²) in [6, 6.07) is 4.53. The molecule has 22 nitrogen and oxygen atoms in total. The van der Waals surface area contributed by atoms with Crippen molar-refractivity contribution in [1.29, 1.82) is 0 Å². The van der Waals surface area contributed by atoms with Crippen molar-refractivity contribution in [2.75, 3.05) is 27.4 Å². The van der Waals surface area contributed by atoms with Gasteiger partial charge in [0.2, 0.25) is 29.5 Å². The number of hydrogen-bond donors (Lipinski definition) is 12. The van der Waals surface area contributed by atoms with Crippen LogP contribution in [0.5, 0.6) is 34.5 Å². The van der Waals surface area contributed by atoms with E-state index >= 15 is 0 Å². The predicted octanol–water partition coefficient (Wildman–Crippen LogP) is -3.90. The highest BCUT2D eigenvalue weighted by atomic mass is 16.7. The molecule has 3 aliphatic heterocycles. The molecule has 3 aliphatic rings. The van der Waals surface area contributed by atoms with Gasteiger partial charge in [-0.2, -0.15) is 0 Å². The van der Waals surface area contributed by atoms with E-state index in [1.54, 1.807) is 0 Å². The third-order valence-electron chi connectivity index (χ3n) is 9.90. The smallest absolute Gasteiger partial charge is 0.239 e. The molecule has 3 aromatic rings. The van der Waals surface area contributed by atoms with E-state index in [0.717, 1.165) is 13.2 Å². The molecular formula is C35H44O22. The first-order valence-corrected chi connectivity index (χ1v) is 17.5. The number of rotatable bonds is 11. The average molecular weight is 817 g/mol. The lowest BCUT2D eigenvalue weighted by molar-refractivity contribution is -0.318. The number of aromatic hydroxyl groups is 2. The Hall–Kier alpha value is -4.11. The fraction of sp³-hybridized carbons (Fsp3) is 0.571. The van der Waals surface area contributed by atoms with Crippen LogP contribution in [0.3, 0.4) is 0 Å². The molecule has 2 aromatic carbocycles. The van der Waals surface area contributed by atoms with Crippen molar-refractivity contribution in [2.45, 2.75) is 99.0 Å². The predicted molar refractivity (Wildman–Crippen MR) is 184 cm³/mol. The van der Waals surface area contributed by atoms with Crippen LogP contribution < -0.4 is 24.4 Å². The molecular weight excluding hydrogens is 772 g/mol. The molecule has 0 spiro atoms. The minimum atomic E-state index is -2.06. The molecule has 0 bridgehead atoms. The number of aliphatic hydroxyl groups excluding tert-OH is 10. The lowest BCUT2D eigenvalue weighted by atomic mass is 9.98. The largest absolute Gasteiger partial charge is 0.507 e. The number of aliphatic hydroxyl groups is 10. The lowest BCUT2D eigenvalue weighted by Gasteiger charge is -2.42. The third-order valence-corrected chi connectivity index (χ3v) is 9.90. The Morgan fingerprint density at radius 1 is 0.632 bits per heavy atom. The van der Waals surface area contributed by atoms with Gasteiger partial charge >= 0.3 is 0 Å². The van der Waals surface area contributed by atoms with Crippen LogP contribution >= 0.6 is 0 Å². The quantitative estimate of drug-likeness (QED) is 0.0880. The maximum Gasteiger partial charge on any atom is 0.239 e.